The molecule has 102 valence electrons. The zero-order valence-corrected chi connectivity index (χ0v) is 12.2. The van der Waals surface area contributed by atoms with Crippen molar-refractivity contribution < 1.29 is 0 Å². The molecule has 19 heavy (non-hydrogen) atoms. The quantitative estimate of drug-likeness (QED) is 0.900. The zero-order valence-electron chi connectivity index (χ0n) is 12.2. The van der Waals surface area contributed by atoms with Gasteiger partial charge in [-0.1, -0.05) is 13.3 Å². The number of aryl methyl sites for hydroxylation is 3. The second-order valence-electron chi connectivity index (χ2n) is 5.70. The van der Waals surface area contributed by atoms with Crippen LogP contribution >= 0.6 is 0 Å². The lowest BCUT2D eigenvalue weighted by Crippen LogP contribution is -2.12. The molecule has 1 unspecified atom stereocenters. The first-order chi connectivity index (χ1) is 9.10. The minimum absolute atomic E-state index is 0.817. The van der Waals surface area contributed by atoms with Gasteiger partial charge in [0.2, 0.25) is 0 Å². The van der Waals surface area contributed by atoms with E-state index in [1.165, 1.54) is 35.5 Å². The Kier molecular flexibility index (Phi) is 2.96. The van der Waals surface area contributed by atoms with E-state index in [-0.39, 0.29) is 0 Å². The van der Waals surface area contributed by atoms with Crippen LogP contribution in [0.3, 0.4) is 0 Å². The summed E-state index contributed by atoms with van der Waals surface area (Å²) in [7, 11) is 1.99. The standard InChI is InChI=1S/C15H22N4/c1-5-11-6-7-12-13(8-11)17-15(16-12)14-9(2)18-19(4)10(14)3/h11H,5-8H2,1-4H3,(H,16,17). The van der Waals surface area contributed by atoms with Crippen molar-refractivity contribution in [3.05, 3.63) is 22.8 Å². The van der Waals surface area contributed by atoms with Crippen LogP contribution in [0.4, 0.5) is 0 Å². The van der Waals surface area contributed by atoms with Crippen molar-refractivity contribution in [3.63, 3.8) is 0 Å². The minimum Gasteiger partial charge on any atom is -0.341 e. The number of hydrogen-bond donors (Lipinski definition) is 1. The van der Waals surface area contributed by atoms with Gasteiger partial charge in [0, 0.05) is 18.4 Å². The Bertz CT molecular complexity index is 606. The molecule has 1 aliphatic rings. The average molecular weight is 258 g/mol. The van der Waals surface area contributed by atoms with Crippen LogP contribution in [0.2, 0.25) is 0 Å². The van der Waals surface area contributed by atoms with Crippen LogP contribution in [-0.2, 0) is 19.9 Å². The Balaban J connectivity index is 2.02. The highest BCUT2D eigenvalue weighted by atomic mass is 15.3. The van der Waals surface area contributed by atoms with Gasteiger partial charge >= 0.3 is 0 Å². The number of nitrogens with zero attached hydrogens (tertiary/aromatic N) is 3. The largest absolute Gasteiger partial charge is 0.341 e. The van der Waals surface area contributed by atoms with E-state index in [4.69, 9.17) is 4.98 Å². The third kappa shape index (κ3) is 1.99. The SMILES string of the molecule is CCC1CCc2nc(-c3c(C)nn(C)c3C)[nH]c2C1. The molecule has 2 aromatic rings. The fourth-order valence-electron chi connectivity index (χ4n) is 3.14. The van der Waals surface area contributed by atoms with Crippen molar-refractivity contribution in [1.82, 2.24) is 19.7 Å². The van der Waals surface area contributed by atoms with Crippen LogP contribution in [0.15, 0.2) is 0 Å². The first kappa shape index (κ1) is 12.5. The molecule has 3 rings (SSSR count). The lowest BCUT2D eigenvalue weighted by Gasteiger charge is -2.18. The van der Waals surface area contributed by atoms with Gasteiger partial charge in [0.15, 0.2) is 0 Å². The number of H-pyrrole nitrogens is 1. The molecule has 0 saturated carbocycles. The average Bonchev–Trinajstić information content (AvgIpc) is 2.90. The Morgan fingerprint density at radius 3 is 2.79 bits per heavy atom. The molecule has 2 heterocycles. The Morgan fingerprint density at radius 2 is 2.16 bits per heavy atom. The van der Waals surface area contributed by atoms with Gasteiger partial charge in [-0.3, -0.25) is 4.68 Å². The molecule has 4 heteroatoms. The monoisotopic (exact) mass is 258 g/mol. The topological polar surface area (TPSA) is 46.5 Å². The van der Waals surface area contributed by atoms with Crippen molar-refractivity contribution in [2.75, 3.05) is 0 Å². The molecule has 0 spiro atoms. The molecule has 0 bridgehead atoms. The Hall–Kier alpha value is -1.58. The van der Waals surface area contributed by atoms with E-state index in [1.807, 2.05) is 11.7 Å². The highest BCUT2D eigenvalue weighted by Gasteiger charge is 2.23. The molecule has 0 radical (unpaired) electrons. The maximum Gasteiger partial charge on any atom is 0.141 e. The second kappa shape index (κ2) is 4.51. The molecule has 1 atom stereocenters. The van der Waals surface area contributed by atoms with Crippen molar-refractivity contribution in [1.29, 1.82) is 0 Å². The van der Waals surface area contributed by atoms with Gasteiger partial charge in [0.05, 0.1) is 17.0 Å². The summed E-state index contributed by atoms with van der Waals surface area (Å²) in [6.45, 7) is 6.44. The summed E-state index contributed by atoms with van der Waals surface area (Å²) in [5, 5.41) is 4.48. The summed E-state index contributed by atoms with van der Waals surface area (Å²) in [6.07, 6.45) is 4.80. The van der Waals surface area contributed by atoms with Crippen LogP contribution in [0.25, 0.3) is 11.4 Å². The molecule has 4 nitrogen and oxygen atoms in total. The molecule has 0 amide bonds. The summed E-state index contributed by atoms with van der Waals surface area (Å²) >= 11 is 0. The number of aromatic amines is 1. The van der Waals surface area contributed by atoms with Crippen molar-refractivity contribution in [3.8, 4) is 11.4 Å². The number of fused-ring (bicyclic) bond motifs is 1. The van der Waals surface area contributed by atoms with E-state index in [2.05, 4.69) is 30.9 Å². The maximum atomic E-state index is 4.82. The molecule has 0 aromatic carbocycles. The smallest absolute Gasteiger partial charge is 0.141 e. The van der Waals surface area contributed by atoms with Crippen molar-refractivity contribution in [2.45, 2.75) is 46.5 Å². The van der Waals surface area contributed by atoms with Crippen molar-refractivity contribution >= 4 is 0 Å². The maximum absolute atomic E-state index is 4.82. The first-order valence-electron chi connectivity index (χ1n) is 7.18. The van der Waals surface area contributed by atoms with Crippen LogP contribution in [0.5, 0.6) is 0 Å². The third-order valence-electron chi connectivity index (χ3n) is 4.47. The van der Waals surface area contributed by atoms with Gasteiger partial charge in [-0.2, -0.15) is 5.10 Å². The van der Waals surface area contributed by atoms with E-state index < -0.39 is 0 Å². The van der Waals surface area contributed by atoms with E-state index in [0.717, 1.165) is 30.3 Å². The molecule has 1 aliphatic carbocycles. The number of nitrogens with one attached hydrogen (secondary N) is 1. The van der Waals surface area contributed by atoms with Gasteiger partial charge in [0.25, 0.3) is 0 Å². The number of imidazole rings is 1. The van der Waals surface area contributed by atoms with E-state index in [9.17, 15) is 0 Å². The molecule has 0 saturated heterocycles. The summed E-state index contributed by atoms with van der Waals surface area (Å²) < 4.78 is 1.93. The molecule has 0 fully saturated rings. The number of rotatable bonds is 2. The predicted octanol–water partition coefficient (Wildman–Crippen LogP) is 2.94. The van der Waals surface area contributed by atoms with E-state index in [0.29, 0.717) is 0 Å². The highest BCUT2D eigenvalue weighted by molar-refractivity contribution is 5.62. The lowest BCUT2D eigenvalue weighted by molar-refractivity contribution is 0.438. The van der Waals surface area contributed by atoms with Gasteiger partial charge in [-0.15, -0.1) is 0 Å². The normalized spacial score (nSPS) is 18.6. The number of hydrogen-bond acceptors (Lipinski definition) is 2. The molecular weight excluding hydrogens is 236 g/mol. The number of aromatic nitrogens is 4. The summed E-state index contributed by atoms with van der Waals surface area (Å²) in [5.74, 6) is 1.82. The third-order valence-corrected chi connectivity index (χ3v) is 4.47. The summed E-state index contributed by atoms with van der Waals surface area (Å²) in [6, 6.07) is 0. The van der Waals surface area contributed by atoms with Gasteiger partial charge in [0.1, 0.15) is 5.82 Å². The van der Waals surface area contributed by atoms with Crippen LogP contribution < -0.4 is 0 Å². The van der Waals surface area contributed by atoms with Gasteiger partial charge in [-0.25, -0.2) is 4.98 Å². The molecular formula is C15H22N4. The van der Waals surface area contributed by atoms with Gasteiger partial charge < -0.3 is 4.98 Å². The molecule has 1 N–H and O–H groups in total. The molecule has 0 aliphatic heterocycles. The predicted molar refractivity (Wildman–Crippen MR) is 76.1 cm³/mol. The van der Waals surface area contributed by atoms with Crippen LogP contribution in [0, 0.1) is 19.8 Å². The van der Waals surface area contributed by atoms with E-state index in [1.54, 1.807) is 0 Å². The lowest BCUT2D eigenvalue weighted by atomic mass is 9.88. The fourth-order valence-corrected chi connectivity index (χ4v) is 3.14. The Labute approximate surface area is 114 Å². The van der Waals surface area contributed by atoms with Crippen LogP contribution in [0.1, 0.15) is 42.5 Å². The first-order valence-corrected chi connectivity index (χ1v) is 7.18. The second-order valence-corrected chi connectivity index (χ2v) is 5.70. The molecule has 2 aromatic heterocycles. The summed E-state index contributed by atoms with van der Waals surface area (Å²) in [5.41, 5.74) is 6.01. The zero-order chi connectivity index (χ0) is 13.6. The minimum atomic E-state index is 0.817. The van der Waals surface area contributed by atoms with Crippen LogP contribution in [-0.4, -0.2) is 19.7 Å². The summed E-state index contributed by atoms with van der Waals surface area (Å²) in [4.78, 5) is 8.36. The fraction of sp³-hybridized carbons (Fsp3) is 0.600. The van der Waals surface area contributed by atoms with Gasteiger partial charge in [-0.05, 0) is 39.0 Å². The Morgan fingerprint density at radius 1 is 1.37 bits per heavy atom. The van der Waals surface area contributed by atoms with E-state index >= 15 is 0 Å². The highest BCUT2D eigenvalue weighted by Crippen LogP contribution is 2.30. The van der Waals surface area contributed by atoms with Crippen molar-refractivity contribution in [2.24, 2.45) is 13.0 Å².